The van der Waals surface area contributed by atoms with Crippen LogP contribution in [0.5, 0.6) is 0 Å². The Labute approximate surface area is 99.7 Å². The van der Waals surface area contributed by atoms with Crippen molar-refractivity contribution in [3.63, 3.8) is 0 Å². The molecule has 0 atom stereocenters. The first kappa shape index (κ1) is 13.2. The number of nitrogens with one attached hydrogen (secondary N) is 1. The van der Waals surface area contributed by atoms with Gasteiger partial charge < -0.3 is 0 Å². The molecule has 16 heavy (non-hydrogen) atoms. The minimum atomic E-state index is -3.57. The maximum Gasteiger partial charge on any atom is 0.240 e. The second kappa shape index (κ2) is 5.43. The second-order valence-electron chi connectivity index (χ2n) is 3.31. The number of Topliss-reactive ketones (excluding diaryl/α,β-unsaturated/α-hetero) is 1. The molecule has 0 amide bonds. The Morgan fingerprint density at radius 1 is 1.44 bits per heavy atom. The summed E-state index contributed by atoms with van der Waals surface area (Å²) in [5.41, 5.74) is 0. The molecule has 0 fully saturated rings. The fourth-order valence-corrected chi connectivity index (χ4v) is 2.41. The highest BCUT2D eigenvalue weighted by Gasteiger charge is 2.13. The summed E-state index contributed by atoms with van der Waals surface area (Å²) in [5, 5.41) is 0.356. The predicted octanol–water partition coefficient (Wildman–Crippen LogP) is 1.60. The summed E-state index contributed by atoms with van der Waals surface area (Å²) in [6.07, 6.45) is 0.180. The molecule has 6 heteroatoms. The average Bonchev–Trinajstić information content (AvgIpc) is 2.16. The quantitative estimate of drug-likeness (QED) is 0.876. The molecule has 0 bridgehead atoms. The lowest BCUT2D eigenvalue weighted by Crippen LogP contribution is -2.25. The molecule has 0 aliphatic rings. The maximum atomic E-state index is 11.7. The van der Waals surface area contributed by atoms with E-state index in [1.165, 1.54) is 19.1 Å². The number of rotatable bonds is 5. The molecule has 1 rings (SSSR count). The highest BCUT2D eigenvalue weighted by molar-refractivity contribution is 7.89. The Morgan fingerprint density at radius 3 is 2.69 bits per heavy atom. The van der Waals surface area contributed by atoms with Gasteiger partial charge in [-0.25, -0.2) is 13.1 Å². The standard InChI is InChI=1S/C10H12ClNO3S/c1-8(13)5-6-12-16(14,15)10-4-2-3-9(11)7-10/h2-4,7,12H,5-6H2,1H3. The van der Waals surface area contributed by atoms with E-state index in [1.807, 2.05) is 0 Å². The SMILES string of the molecule is CC(=O)CCNS(=O)(=O)c1cccc(Cl)c1. The van der Waals surface area contributed by atoms with Gasteiger partial charge in [0.1, 0.15) is 5.78 Å². The van der Waals surface area contributed by atoms with Gasteiger partial charge in [0.25, 0.3) is 0 Å². The maximum absolute atomic E-state index is 11.7. The van der Waals surface area contributed by atoms with Crippen LogP contribution in [-0.4, -0.2) is 20.7 Å². The van der Waals surface area contributed by atoms with Crippen LogP contribution in [0, 0.1) is 0 Å². The molecule has 0 saturated heterocycles. The molecule has 4 nitrogen and oxygen atoms in total. The van der Waals surface area contributed by atoms with Gasteiger partial charge in [-0.1, -0.05) is 17.7 Å². The molecular weight excluding hydrogens is 250 g/mol. The molecule has 0 aliphatic heterocycles. The third-order valence-electron chi connectivity index (χ3n) is 1.88. The molecular formula is C10H12ClNO3S. The van der Waals surface area contributed by atoms with Crippen molar-refractivity contribution >= 4 is 27.4 Å². The van der Waals surface area contributed by atoms with Crippen LogP contribution in [0.1, 0.15) is 13.3 Å². The Hall–Kier alpha value is -0.910. The van der Waals surface area contributed by atoms with Gasteiger partial charge in [0.15, 0.2) is 0 Å². The van der Waals surface area contributed by atoms with Crippen LogP contribution in [0.3, 0.4) is 0 Å². The molecule has 0 radical (unpaired) electrons. The normalized spacial score (nSPS) is 11.4. The minimum absolute atomic E-state index is 0.0613. The summed E-state index contributed by atoms with van der Waals surface area (Å²) in [5.74, 6) is -0.0613. The van der Waals surface area contributed by atoms with Crippen molar-refractivity contribution in [1.29, 1.82) is 0 Å². The van der Waals surface area contributed by atoms with E-state index in [0.29, 0.717) is 5.02 Å². The van der Waals surface area contributed by atoms with Crippen molar-refractivity contribution in [2.24, 2.45) is 0 Å². The number of carbonyl (C=O) groups is 1. The number of ketones is 1. The second-order valence-corrected chi connectivity index (χ2v) is 5.51. The Morgan fingerprint density at radius 2 is 2.12 bits per heavy atom. The first-order chi connectivity index (χ1) is 7.42. The first-order valence-corrected chi connectivity index (χ1v) is 6.52. The zero-order valence-electron chi connectivity index (χ0n) is 8.73. The smallest absolute Gasteiger partial charge is 0.240 e. The molecule has 0 heterocycles. The van der Waals surface area contributed by atoms with Crippen molar-refractivity contribution < 1.29 is 13.2 Å². The van der Waals surface area contributed by atoms with E-state index in [1.54, 1.807) is 12.1 Å². The van der Waals surface area contributed by atoms with E-state index in [9.17, 15) is 13.2 Å². The lowest BCUT2D eigenvalue weighted by molar-refractivity contribution is -0.116. The third-order valence-corrected chi connectivity index (χ3v) is 3.57. The van der Waals surface area contributed by atoms with Crippen molar-refractivity contribution in [3.05, 3.63) is 29.3 Å². The Balaban J connectivity index is 2.74. The third kappa shape index (κ3) is 3.92. The average molecular weight is 262 g/mol. The molecule has 88 valence electrons. The van der Waals surface area contributed by atoms with Crippen LogP contribution in [0.15, 0.2) is 29.2 Å². The fourth-order valence-electron chi connectivity index (χ4n) is 1.08. The number of benzene rings is 1. The number of hydrogen-bond acceptors (Lipinski definition) is 3. The number of halogens is 1. The van der Waals surface area contributed by atoms with Crippen LogP contribution in [-0.2, 0) is 14.8 Å². The molecule has 1 N–H and O–H groups in total. The highest BCUT2D eigenvalue weighted by Crippen LogP contribution is 2.14. The van der Waals surface area contributed by atoms with Gasteiger partial charge >= 0.3 is 0 Å². The summed E-state index contributed by atoms with van der Waals surface area (Å²) in [6.45, 7) is 1.51. The van der Waals surface area contributed by atoms with E-state index in [-0.39, 0.29) is 23.6 Å². The van der Waals surface area contributed by atoms with Gasteiger partial charge in [0.05, 0.1) is 4.90 Å². The summed E-state index contributed by atoms with van der Waals surface area (Å²) in [4.78, 5) is 10.8. The highest BCUT2D eigenvalue weighted by atomic mass is 35.5. The van der Waals surface area contributed by atoms with E-state index in [2.05, 4.69) is 4.72 Å². The summed E-state index contributed by atoms with van der Waals surface area (Å²) >= 11 is 5.69. The molecule has 0 saturated carbocycles. The summed E-state index contributed by atoms with van der Waals surface area (Å²) in [7, 11) is -3.57. The van der Waals surface area contributed by atoms with Gasteiger partial charge in [-0.05, 0) is 25.1 Å². The predicted molar refractivity (Wildman–Crippen MR) is 61.9 cm³/mol. The monoisotopic (exact) mass is 261 g/mol. The molecule has 0 aromatic heterocycles. The lowest BCUT2D eigenvalue weighted by Gasteiger charge is -2.05. The van der Waals surface area contributed by atoms with E-state index in [4.69, 9.17) is 11.6 Å². The van der Waals surface area contributed by atoms with E-state index >= 15 is 0 Å². The van der Waals surface area contributed by atoms with Gasteiger partial charge in [0.2, 0.25) is 10.0 Å². The molecule has 1 aromatic carbocycles. The van der Waals surface area contributed by atoms with Crippen LogP contribution in [0.25, 0.3) is 0 Å². The van der Waals surface area contributed by atoms with Gasteiger partial charge in [-0.15, -0.1) is 0 Å². The van der Waals surface area contributed by atoms with Gasteiger partial charge in [0, 0.05) is 18.0 Å². The van der Waals surface area contributed by atoms with Crippen molar-refractivity contribution in [3.8, 4) is 0 Å². The first-order valence-electron chi connectivity index (χ1n) is 4.66. The van der Waals surface area contributed by atoms with Crippen LogP contribution in [0.4, 0.5) is 0 Å². The summed E-state index contributed by atoms with van der Waals surface area (Å²) in [6, 6.07) is 5.96. The topological polar surface area (TPSA) is 63.2 Å². The number of hydrogen-bond donors (Lipinski definition) is 1. The minimum Gasteiger partial charge on any atom is -0.300 e. The lowest BCUT2D eigenvalue weighted by atomic mass is 10.3. The molecule has 0 spiro atoms. The van der Waals surface area contributed by atoms with E-state index in [0.717, 1.165) is 0 Å². The molecule has 0 unspecified atom stereocenters. The van der Waals surface area contributed by atoms with Crippen LogP contribution < -0.4 is 4.72 Å². The van der Waals surface area contributed by atoms with Crippen molar-refractivity contribution in [2.75, 3.05) is 6.54 Å². The van der Waals surface area contributed by atoms with E-state index < -0.39 is 10.0 Å². The Bertz CT molecular complexity index is 485. The Kier molecular flexibility index (Phi) is 4.46. The van der Waals surface area contributed by atoms with Gasteiger partial charge in [-0.3, -0.25) is 4.79 Å². The zero-order chi connectivity index (χ0) is 12.2. The fraction of sp³-hybridized carbons (Fsp3) is 0.300. The zero-order valence-corrected chi connectivity index (χ0v) is 10.3. The summed E-state index contributed by atoms with van der Waals surface area (Å²) < 4.78 is 25.7. The van der Waals surface area contributed by atoms with Crippen molar-refractivity contribution in [2.45, 2.75) is 18.2 Å². The number of sulfonamides is 1. The molecule has 1 aromatic rings. The van der Waals surface area contributed by atoms with Crippen LogP contribution >= 0.6 is 11.6 Å². The largest absolute Gasteiger partial charge is 0.300 e. The molecule has 0 aliphatic carbocycles. The van der Waals surface area contributed by atoms with Crippen molar-refractivity contribution in [1.82, 2.24) is 4.72 Å². The van der Waals surface area contributed by atoms with Crippen LogP contribution in [0.2, 0.25) is 5.02 Å². The number of carbonyl (C=O) groups excluding carboxylic acids is 1. The van der Waals surface area contributed by atoms with Gasteiger partial charge in [-0.2, -0.15) is 0 Å².